The Balaban J connectivity index is 2.13. The maximum Gasteiger partial charge on any atom is 0.241 e. The van der Waals surface area contributed by atoms with Gasteiger partial charge in [-0.25, -0.2) is 0 Å². The van der Waals surface area contributed by atoms with Crippen LogP contribution in [-0.2, 0) is 11.8 Å². The molecule has 0 saturated carbocycles. The Hall–Kier alpha value is -1.36. The Kier molecular flexibility index (Phi) is 3.19. The summed E-state index contributed by atoms with van der Waals surface area (Å²) in [5.41, 5.74) is 2.70. The first kappa shape index (κ1) is 12.1. The van der Waals surface area contributed by atoms with Gasteiger partial charge in [-0.2, -0.15) is 5.10 Å². The van der Waals surface area contributed by atoms with Crippen molar-refractivity contribution in [3.8, 4) is 0 Å². The molecule has 2 rings (SSSR count). The van der Waals surface area contributed by atoms with E-state index < -0.39 is 0 Å². The highest BCUT2D eigenvalue weighted by Crippen LogP contribution is 2.21. The molecule has 0 radical (unpaired) electrons. The van der Waals surface area contributed by atoms with Gasteiger partial charge in [0.05, 0.1) is 23.1 Å². The number of amides is 1. The number of hydrogen-bond donors (Lipinski definition) is 2. The standard InChI is InChI=1S/C12H20N4O/c1-7-5-6-13-10(7)12(17)14-11-8(2)15-16(4)9(11)3/h7,10,13H,5-6H2,1-4H3,(H,14,17). The topological polar surface area (TPSA) is 59.0 Å². The highest BCUT2D eigenvalue weighted by Gasteiger charge is 2.30. The van der Waals surface area contributed by atoms with Gasteiger partial charge in [-0.3, -0.25) is 9.48 Å². The molecule has 1 saturated heterocycles. The molecule has 1 aromatic heterocycles. The van der Waals surface area contributed by atoms with Crippen LogP contribution in [0.3, 0.4) is 0 Å². The molecule has 2 atom stereocenters. The van der Waals surface area contributed by atoms with Crippen LogP contribution in [0.1, 0.15) is 24.7 Å². The van der Waals surface area contributed by atoms with E-state index in [0.29, 0.717) is 5.92 Å². The molecule has 5 heteroatoms. The molecule has 0 bridgehead atoms. The van der Waals surface area contributed by atoms with E-state index >= 15 is 0 Å². The summed E-state index contributed by atoms with van der Waals surface area (Å²) in [5, 5.41) is 10.5. The van der Waals surface area contributed by atoms with Crippen molar-refractivity contribution >= 4 is 11.6 Å². The third-order valence-corrected chi connectivity index (χ3v) is 3.57. The molecule has 0 aliphatic carbocycles. The van der Waals surface area contributed by atoms with E-state index in [0.717, 1.165) is 30.0 Å². The molecule has 1 fully saturated rings. The molecule has 0 spiro atoms. The van der Waals surface area contributed by atoms with Gasteiger partial charge in [-0.1, -0.05) is 6.92 Å². The van der Waals surface area contributed by atoms with Gasteiger partial charge >= 0.3 is 0 Å². The lowest BCUT2D eigenvalue weighted by Crippen LogP contribution is -2.39. The lowest BCUT2D eigenvalue weighted by molar-refractivity contribution is -0.118. The Bertz CT molecular complexity index is 438. The number of aryl methyl sites for hydroxylation is 2. The fraction of sp³-hybridized carbons (Fsp3) is 0.667. The van der Waals surface area contributed by atoms with Crippen molar-refractivity contribution in [3.05, 3.63) is 11.4 Å². The van der Waals surface area contributed by atoms with Crippen LogP contribution >= 0.6 is 0 Å². The van der Waals surface area contributed by atoms with Crippen LogP contribution in [0.5, 0.6) is 0 Å². The molecule has 2 N–H and O–H groups in total. The van der Waals surface area contributed by atoms with E-state index in [4.69, 9.17) is 0 Å². The lowest BCUT2D eigenvalue weighted by Gasteiger charge is -2.15. The van der Waals surface area contributed by atoms with Crippen LogP contribution in [0.2, 0.25) is 0 Å². The number of aromatic nitrogens is 2. The van der Waals surface area contributed by atoms with Crippen LogP contribution in [0.25, 0.3) is 0 Å². The fourth-order valence-electron chi connectivity index (χ4n) is 2.34. The van der Waals surface area contributed by atoms with Crippen LogP contribution < -0.4 is 10.6 Å². The van der Waals surface area contributed by atoms with Crippen molar-refractivity contribution in [3.63, 3.8) is 0 Å². The highest BCUT2D eigenvalue weighted by atomic mass is 16.2. The molecule has 1 aliphatic heterocycles. The van der Waals surface area contributed by atoms with Crippen molar-refractivity contribution in [2.75, 3.05) is 11.9 Å². The van der Waals surface area contributed by atoms with Crippen LogP contribution in [0.4, 0.5) is 5.69 Å². The van der Waals surface area contributed by atoms with Gasteiger partial charge in [0.1, 0.15) is 0 Å². The maximum atomic E-state index is 12.1. The molecule has 1 aliphatic rings. The Morgan fingerprint density at radius 2 is 2.24 bits per heavy atom. The predicted molar refractivity (Wildman–Crippen MR) is 66.9 cm³/mol. The first-order valence-electron chi connectivity index (χ1n) is 6.05. The molecule has 17 heavy (non-hydrogen) atoms. The fourth-order valence-corrected chi connectivity index (χ4v) is 2.34. The largest absolute Gasteiger partial charge is 0.322 e. The van der Waals surface area contributed by atoms with Crippen molar-refractivity contribution in [1.82, 2.24) is 15.1 Å². The Labute approximate surface area is 102 Å². The second-order valence-electron chi connectivity index (χ2n) is 4.86. The zero-order valence-electron chi connectivity index (χ0n) is 10.9. The second kappa shape index (κ2) is 4.49. The summed E-state index contributed by atoms with van der Waals surface area (Å²) in [6.07, 6.45) is 1.06. The minimum absolute atomic E-state index is 0.0502. The second-order valence-corrected chi connectivity index (χ2v) is 4.86. The molecule has 1 amide bonds. The van der Waals surface area contributed by atoms with Crippen LogP contribution in [0, 0.1) is 19.8 Å². The summed E-state index contributed by atoms with van der Waals surface area (Å²) < 4.78 is 1.79. The summed E-state index contributed by atoms with van der Waals surface area (Å²) in [6.45, 7) is 6.90. The SMILES string of the molecule is Cc1nn(C)c(C)c1NC(=O)C1NCCC1C. The molecular weight excluding hydrogens is 216 g/mol. The van der Waals surface area contributed by atoms with Gasteiger partial charge < -0.3 is 10.6 Å². The quantitative estimate of drug-likeness (QED) is 0.804. The van der Waals surface area contributed by atoms with Crippen LogP contribution in [0.15, 0.2) is 0 Å². The number of anilines is 1. The van der Waals surface area contributed by atoms with E-state index in [1.54, 1.807) is 4.68 Å². The third-order valence-electron chi connectivity index (χ3n) is 3.57. The third kappa shape index (κ3) is 2.20. The maximum absolute atomic E-state index is 12.1. The summed E-state index contributed by atoms with van der Waals surface area (Å²) >= 11 is 0. The predicted octanol–water partition coefficient (Wildman–Crippen LogP) is 0.973. The minimum atomic E-state index is -0.0750. The van der Waals surface area contributed by atoms with Crippen LogP contribution in [-0.4, -0.2) is 28.3 Å². The molecule has 94 valence electrons. The Morgan fingerprint density at radius 3 is 2.71 bits per heavy atom. The van der Waals surface area contributed by atoms with E-state index in [-0.39, 0.29) is 11.9 Å². The normalized spacial score (nSPS) is 24.0. The van der Waals surface area contributed by atoms with Gasteiger partial charge in [-0.05, 0) is 32.7 Å². The van der Waals surface area contributed by atoms with E-state index in [9.17, 15) is 4.79 Å². The lowest BCUT2D eigenvalue weighted by atomic mass is 10.0. The number of nitrogens with one attached hydrogen (secondary N) is 2. The summed E-state index contributed by atoms with van der Waals surface area (Å²) in [6, 6.07) is -0.0750. The summed E-state index contributed by atoms with van der Waals surface area (Å²) in [5.74, 6) is 0.446. The number of hydrogen-bond acceptors (Lipinski definition) is 3. The summed E-state index contributed by atoms with van der Waals surface area (Å²) in [4.78, 5) is 12.1. The average Bonchev–Trinajstić information content (AvgIpc) is 2.78. The van der Waals surface area contributed by atoms with Gasteiger partial charge in [0.25, 0.3) is 0 Å². The average molecular weight is 236 g/mol. The van der Waals surface area contributed by atoms with Crippen molar-refractivity contribution in [2.24, 2.45) is 13.0 Å². The van der Waals surface area contributed by atoms with E-state index in [2.05, 4.69) is 22.7 Å². The zero-order valence-corrected chi connectivity index (χ0v) is 10.9. The Morgan fingerprint density at radius 1 is 1.53 bits per heavy atom. The van der Waals surface area contributed by atoms with Crippen molar-refractivity contribution < 1.29 is 4.79 Å². The van der Waals surface area contributed by atoms with E-state index in [1.807, 2.05) is 20.9 Å². The number of nitrogens with zero attached hydrogens (tertiary/aromatic N) is 2. The molecular formula is C12H20N4O. The summed E-state index contributed by atoms with van der Waals surface area (Å²) in [7, 11) is 1.88. The monoisotopic (exact) mass is 236 g/mol. The minimum Gasteiger partial charge on any atom is -0.322 e. The number of rotatable bonds is 2. The molecule has 0 aromatic carbocycles. The molecule has 5 nitrogen and oxygen atoms in total. The van der Waals surface area contributed by atoms with Crippen molar-refractivity contribution in [2.45, 2.75) is 33.2 Å². The smallest absolute Gasteiger partial charge is 0.241 e. The molecule has 2 unspecified atom stereocenters. The van der Waals surface area contributed by atoms with Gasteiger partial charge in [0.2, 0.25) is 5.91 Å². The van der Waals surface area contributed by atoms with Crippen molar-refractivity contribution in [1.29, 1.82) is 0 Å². The number of carbonyl (C=O) groups is 1. The van der Waals surface area contributed by atoms with Gasteiger partial charge in [0, 0.05) is 7.05 Å². The highest BCUT2D eigenvalue weighted by molar-refractivity contribution is 5.96. The van der Waals surface area contributed by atoms with Gasteiger partial charge in [-0.15, -0.1) is 0 Å². The number of carbonyl (C=O) groups excluding carboxylic acids is 1. The zero-order chi connectivity index (χ0) is 12.6. The van der Waals surface area contributed by atoms with E-state index in [1.165, 1.54) is 0 Å². The molecule has 2 heterocycles. The van der Waals surface area contributed by atoms with Gasteiger partial charge in [0.15, 0.2) is 0 Å². The first-order chi connectivity index (χ1) is 8.00. The first-order valence-corrected chi connectivity index (χ1v) is 6.05. The molecule has 1 aromatic rings.